The van der Waals surface area contributed by atoms with Crippen LogP contribution in [0.5, 0.6) is 0 Å². The van der Waals surface area contributed by atoms with Crippen LogP contribution in [0.25, 0.3) is 0 Å². The van der Waals surface area contributed by atoms with Gasteiger partial charge in [-0.05, 0) is 0 Å². The molecular weight excluding hydrogens is 166 g/mol. The molecule has 2 rings (SSSR count). The number of nitrogens with zero attached hydrogens (tertiary/aromatic N) is 2. The van der Waals surface area contributed by atoms with Crippen LogP contribution >= 0.6 is 0 Å². The summed E-state index contributed by atoms with van der Waals surface area (Å²) >= 11 is 0. The molecule has 1 fully saturated rings. The SMILES string of the molecule is CCc1ncc(N2CCOCC2)[nH]1. The number of ether oxygens (including phenoxy) is 1. The molecule has 1 aromatic heterocycles. The molecular formula is C9H15N3O. The highest BCUT2D eigenvalue weighted by Crippen LogP contribution is 2.12. The van der Waals surface area contributed by atoms with E-state index in [2.05, 4.69) is 21.8 Å². The van der Waals surface area contributed by atoms with Crippen LogP contribution in [0.1, 0.15) is 12.7 Å². The lowest BCUT2D eigenvalue weighted by Gasteiger charge is -2.26. The maximum absolute atomic E-state index is 5.28. The molecule has 0 bridgehead atoms. The highest BCUT2D eigenvalue weighted by Gasteiger charge is 2.12. The Bertz CT molecular complexity index is 266. The number of rotatable bonds is 2. The van der Waals surface area contributed by atoms with E-state index in [1.54, 1.807) is 0 Å². The van der Waals surface area contributed by atoms with E-state index in [0.29, 0.717) is 0 Å². The van der Waals surface area contributed by atoms with Gasteiger partial charge in [-0.2, -0.15) is 0 Å². The fourth-order valence-corrected chi connectivity index (χ4v) is 1.50. The first-order valence-electron chi connectivity index (χ1n) is 4.76. The molecule has 0 aromatic carbocycles. The Kier molecular flexibility index (Phi) is 2.49. The molecule has 4 heteroatoms. The van der Waals surface area contributed by atoms with Crippen molar-refractivity contribution in [2.45, 2.75) is 13.3 Å². The van der Waals surface area contributed by atoms with Crippen molar-refractivity contribution >= 4 is 5.82 Å². The fraction of sp³-hybridized carbons (Fsp3) is 0.667. The van der Waals surface area contributed by atoms with Crippen LogP contribution < -0.4 is 4.90 Å². The molecule has 72 valence electrons. The molecule has 0 amide bonds. The Balaban J connectivity index is 2.05. The Hall–Kier alpha value is -1.03. The van der Waals surface area contributed by atoms with Gasteiger partial charge in [0.2, 0.25) is 0 Å². The van der Waals surface area contributed by atoms with E-state index in [9.17, 15) is 0 Å². The van der Waals surface area contributed by atoms with E-state index >= 15 is 0 Å². The quantitative estimate of drug-likeness (QED) is 0.734. The van der Waals surface area contributed by atoms with Crippen LogP contribution in [0.2, 0.25) is 0 Å². The average Bonchev–Trinajstić information content (AvgIpc) is 2.67. The van der Waals surface area contributed by atoms with Crippen molar-refractivity contribution in [3.05, 3.63) is 12.0 Å². The lowest BCUT2D eigenvalue weighted by Crippen LogP contribution is -2.36. The van der Waals surface area contributed by atoms with E-state index in [1.807, 2.05) is 6.20 Å². The van der Waals surface area contributed by atoms with Crippen LogP contribution in [0.15, 0.2) is 6.20 Å². The molecule has 2 heterocycles. The zero-order valence-corrected chi connectivity index (χ0v) is 7.92. The largest absolute Gasteiger partial charge is 0.378 e. The van der Waals surface area contributed by atoms with Crippen LogP contribution in [0.3, 0.4) is 0 Å². The predicted molar refractivity (Wildman–Crippen MR) is 51.0 cm³/mol. The number of morpholine rings is 1. The van der Waals surface area contributed by atoms with Gasteiger partial charge in [-0.15, -0.1) is 0 Å². The van der Waals surface area contributed by atoms with Gasteiger partial charge in [0, 0.05) is 19.5 Å². The highest BCUT2D eigenvalue weighted by atomic mass is 16.5. The first kappa shape index (κ1) is 8.56. The molecule has 1 saturated heterocycles. The average molecular weight is 181 g/mol. The molecule has 0 saturated carbocycles. The number of aryl methyl sites for hydroxylation is 1. The summed E-state index contributed by atoms with van der Waals surface area (Å²) < 4.78 is 5.28. The molecule has 1 aromatic rings. The van der Waals surface area contributed by atoms with Gasteiger partial charge in [-0.3, -0.25) is 0 Å². The maximum atomic E-state index is 5.28. The third-order valence-electron chi connectivity index (χ3n) is 2.30. The molecule has 0 unspecified atom stereocenters. The summed E-state index contributed by atoms with van der Waals surface area (Å²) in [7, 11) is 0. The van der Waals surface area contributed by atoms with Crippen molar-refractivity contribution in [1.82, 2.24) is 9.97 Å². The highest BCUT2D eigenvalue weighted by molar-refractivity contribution is 5.37. The summed E-state index contributed by atoms with van der Waals surface area (Å²) in [5, 5.41) is 0. The lowest BCUT2D eigenvalue weighted by atomic mass is 10.4. The second kappa shape index (κ2) is 3.79. The molecule has 13 heavy (non-hydrogen) atoms. The van der Waals surface area contributed by atoms with Gasteiger partial charge in [0.1, 0.15) is 11.6 Å². The Morgan fingerprint density at radius 1 is 1.54 bits per heavy atom. The Morgan fingerprint density at radius 2 is 2.31 bits per heavy atom. The maximum Gasteiger partial charge on any atom is 0.126 e. The molecule has 4 nitrogen and oxygen atoms in total. The lowest BCUT2D eigenvalue weighted by molar-refractivity contribution is 0.122. The summed E-state index contributed by atoms with van der Waals surface area (Å²) in [6.45, 7) is 5.67. The van der Waals surface area contributed by atoms with E-state index in [1.165, 1.54) is 0 Å². The standard InChI is InChI=1S/C9H15N3O/c1-2-8-10-7-9(11-8)12-3-5-13-6-4-12/h7H,2-6H2,1H3,(H,10,11). The van der Waals surface area contributed by atoms with Gasteiger partial charge in [-0.25, -0.2) is 4.98 Å². The third-order valence-corrected chi connectivity index (χ3v) is 2.30. The molecule has 0 atom stereocenters. The molecule has 0 spiro atoms. The first-order valence-corrected chi connectivity index (χ1v) is 4.76. The zero-order chi connectivity index (χ0) is 9.10. The van der Waals surface area contributed by atoms with Crippen molar-refractivity contribution in [1.29, 1.82) is 0 Å². The Labute approximate surface area is 77.9 Å². The van der Waals surface area contributed by atoms with E-state index in [-0.39, 0.29) is 0 Å². The van der Waals surface area contributed by atoms with E-state index in [4.69, 9.17) is 4.74 Å². The van der Waals surface area contributed by atoms with Crippen molar-refractivity contribution < 1.29 is 4.74 Å². The van der Waals surface area contributed by atoms with Crippen LogP contribution in [0, 0.1) is 0 Å². The first-order chi connectivity index (χ1) is 6.40. The molecule has 1 N–H and O–H groups in total. The summed E-state index contributed by atoms with van der Waals surface area (Å²) in [4.78, 5) is 9.84. The molecule has 1 aliphatic rings. The number of aromatic amines is 1. The van der Waals surface area contributed by atoms with E-state index < -0.39 is 0 Å². The second-order valence-corrected chi connectivity index (χ2v) is 3.17. The molecule has 0 aliphatic carbocycles. The monoisotopic (exact) mass is 181 g/mol. The summed E-state index contributed by atoms with van der Waals surface area (Å²) in [5.41, 5.74) is 0. The van der Waals surface area contributed by atoms with Crippen molar-refractivity contribution in [3.8, 4) is 0 Å². The minimum Gasteiger partial charge on any atom is -0.378 e. The summed E-state index contributed by atoms with van der Waals surface area (Å²) in [6.07, 6.45) is 2.87. The zero-order valence-electron chi connectivity index (χ0n) is 7.92. The second-order valence-electron chi connectivity index (χ2n) is 3.17. The van der Waals surface area contributed by atoms with Gasteiger partial charge in [-0.1, -0.05) is 6.92 Å². The number of anilines is 1. The number of aromatic nitrogens is 2. The number of nitrogens with one attached hydrogen (secondary N) is 1. The minimum atomic E-state index is 0.820. The van der Waals surface area contributed by atoms with Crippen molar-refractivity contribution in [2.75, 3.05) is 31.2 Å². The van der Waals surface area contributed by atoms with Crippen molar-refractivity contribution in [2.24, 2.45) is 0 Å². The minimum absolute atomic E-state index is 0.820. The number of hydrogen-bond acceptors (Lipinski definition) is 3. The van der Waals surface area contributed by atoms with E-state index in [0.717, 1.165) is 44.4 Å². The van der Waals surface area contributed by atoms with Gasteiger partial charge in [0.15, 0.2) is 0 Å². The number of imidazole rings is 1. The third kappa shape index (κ3) is 1.83. The number of H-pyrrole nitrogens is 1. The van der Waals surface area contributed by atoms with Gasteiger partial charge < -0.3 is 14.6 Å². The van der Waals surface area contributed by atoms with Crippen LogP contribution in [0.4, 0.5) is 5.82 Å². The predicted octanol–water partition coefficient (Wildman–Crippen LogP) is 0.809. The van der Waals surface area contributed by atoms with Crippen LogP contribution in [-0.2, 0) is 11.2 Å². The topological polar surface area (TPSA) is 41.2 Å². The number of hydrogen-bond donors (Lipinski definition) is 1. The van der Waals surface area contributed by atoms with Crippen molar-refractivity contribution in [3.63, 3.8) is 0 Å². The van der Waals surface area contributed by atoms with Gasteiger partial charge in [0.05, 0.1) is 19.4 Å². The normalized spacial score (nSPS) is 17.8. The fourth-order valence-electron chi connectivity index (χ4n) is 1.50. The van der Waals surface area contributed by atoms with Gasteiger partial charge in [0.25, 0.3) is 0 Å². The van der Waals surface area contributed by atoms with Crippen LogP contribution in [-0.4, -0.2) is 36.3 Å². The summed E-state index contributed by atoms with van der Waals surface area (Å²) in [5.74, 6) is 2.18. The summed E-state index contributed by atoms with van der Waals surface area (Å²) in [6, 6.07) is 0. The molecule has 0 radical (unpaired) electrons. The Morgan fingerprint density at radius 3 is 2.92 bits per heavy atom. The molecule has 1 aliphatic heterocycles. The van der Waals surface area contributed by atoms with Gasteiger partial charge >= 0.3 is 0 Å². The smallest absolute Gasteiger partial charge is 0.126 e.